The van der Waals surface area contributed by atoms with E-state index in [9.17, 15) is 14.3 Å². The van der Waals surface area contributed by atoms with Crippen molar-refractivity contribution in [1.82, 2.24) is 14.7 Å². The fourth-order valence-electron chi connectivity index (χ4n) is 3.58. The van der Waals surface area contributed by atoms with Crippen LogP contribution in [0.15, 0.2) is 52.6 Å². The minimum Gasteiger partial charge on any atom is -0.388 e. The highest BCUT2D eigenvalue weighted by Crippen LogP contribution is 2.26. The van der Waals surface area contributed by atoms with Crippen LogP contribution in [-0.4, -0.2) is 38.5 Å². The summed E-state index contributed by atoms with van der Waals surface area (Å²) < 4.78 is 15.0. The molecule has 0 bridgehead atoms. The van der Waals surface area contributed by atoms with E-state index in [2.05, 4.69) is 10.00 Å². The number of hydrogen-bond donors (Lipinski definition) is 1. The first-order chi connectivity index (χ1) is 13.9. The molecule has 1 aromatic carbocycles. The van der Waals surface area contributed by atoms with Gasteiger partial charge in [0, 0.05) is 25.7 Å². The van der Waals surface area contributed by atoms with Gasteiger partial charge in [0.1, 0.15) is 11.5 Å². The molecule has 4 rings (SSSR count). The third-order valence-electron chi connectivity index (χ3n) is 5.26. The monoisotopic (exact) mass is 433 g/mol. The molecule has 0 amide bonds. The molecule has 0 unspecified atom stereocenters. The van der Waals surface area contributed by atoms with Gasteiger partial charge in [-0.2, -0.15) is 5.10 Å². The van der Waals surface area contributed by atoms with Crippen LogP contribution >= 0.6 is 22.9 Å². The van der Waals surface area contributed by atoms with E-state index < -0.39 is 11.4 Å². The first-order valence-electron chi connectivity index (χ1n) is 9.43. The zero-order chi connectivity index (χ0) is 20.4. The molecule has 3 aromatic rings. The number of hydrogen-bond acceptors (Lipinski definition) is 5. The second kappa shape index (κ2) is 8.36. The predicted octanol–water partition coefficient (Wildman–Crippen LogP) is 3.79. The summed E-state index contributed by atoms with van der Waals surface area (Å²) >= 11 is 7.30. The SMILES string of the molecule is O=c1ccc(-c2cccs2)nn1CC1(O)CCN(Cc2ccc(Cl)c(F)c2)CC1. The topological polar surface area (TPSA) is 58.4 Å². The summed E-state index contributed by atoms with van der Waals surface area (Å²) in [7, 11) is 0. The highest BCUT2D eigenvalue weighted by atomic mass is 35.5. The molecule has 1 aliphatic rings. The molecule has 5 nitrogen and oxygen atoms in total. The summed E-state index contributed by atoms with van der Waals surface area (Å²) in [5, 5.41) is 17.6. The number of likely N-dealkylation sites (tertiary alicyclic amines) is 1. The van der Waals surface area contributed by atoms with Crippen LogP contribution in [0.3, 0.4) is 0 Å². The summed E-state index contributed by atoms with van der Waals surface area (Å²) in [5.41, 5.74) is 0.356. The molecule has 2 aromatic heterocycles. The number of aromatic nitrogens is 2. The van der Waals surface area contributed by atoms with Crippen LogP contribution < -0.4 is 5.56 Å². The van der Waals surface area contributed by atoms with Crippen molar-refractivity contribution in [3.8, 4) is 10.6 Å². The molecule has 8 heteroatoms. The van der Waals surface area contributed by atoms with Gasteiger partial charge in [-0.15, -0.1) is 11.3 Å². The minimum atomic E-state index is -0.993. The Morgan fingerprint density at radius 3 is 2.69 bits per heavy atom. The van der Waals surface area contributed by atoms with Gasteiger partial charge in [0.15, 0.2) is 0 Å². The Bertz CT molecular complexity index is 1050. The maximum absolute atomic E-state index is 13.6. The van der Waals surface area contributed by atoms with E-state index in [4.69, 9.17) is 11.6 Å². The van der Waals surface area contributed by atoms with Crippen LogP contribution in [0.4, 0.5) is 4.39 Å². The van der Waals surface area contributed by atoms with Gasteiger partial charge in [-0.25, -0.2) is 9.07 Å². The molecule has 1 aliphatic heterocycles. The van der Waals surface area contributed by atoms with E-state index in [-0.39, 0.29) is 17.1 Å². The van der Waals surface area contributed by atoms with E-state index in [0.717, 1.165) is 16.1 Å². The van der Waals surface area contributed by atoms with Crippen LogP contribution in [0.2, 0.25) is 5.02 Å². The molecule has 1 fully saturated rings. The lowest BCUT2D eigenvalue weighted by atomic mass is 9.91. The van der Waals surface area contributed by atoms with Crippen LogP contribution in [0.5, 0.6) is 0 Å². The van der Waals surface area contributed by atoms with Gasteiger partial charge in [0.2, 0.25) is 0 Å². The number of piperidine rings is 1. The average molecular weight is 434 g/mol. The molecule has 1 N–H and O–H groups in total. The molecular formula is C21H21ClFN3O2S. The standard InChI is InChI=1S/C21H21ClFN3O2S/c22-16-4-3-15(12-17(16)23)13-25-9-7-21(28,8-10-25)14-26-20(27)6-5-18(24-26)19-2-1-11-29-19/h1-6,11-12,28H,7-10,13-14H2. The molecule has 0 saturated carbocycles. The molecular weight excluding hydrogens is 413 g/mol. The Balaban J connectivity index is 1.41. The number of aliphatic hydroxyl groups is 1. The molecule has 0 aliphatic carbocycles. The van der Waals surface area contributed by atoms with Crippen LogP contribution in [-0.2, 0) is 13.1 Å². The summed E-state index contributed by atoms with van der Waals surface area (Å²) in [6, 6.07) is 11.9. The zero-order valence-corrected chi connectivity index (χ0v) is 17.3. The van der Waals surface area contributed by atoms with Crippen molar-refractivity contribution in [2.45, 2.75) is 31.5 Å². The smallest absolute Gasteiger partial charge is 0.266 e. The van der Waals surface area contributed by atoms with Crippen molar-refractivity contribution < 1.29 is 9.50 Å². The normalized spacial score (nSPS) is 16.8. The van der Waals surface area contributed by atoms with Gasteiger partial charge in [-0.05, 0) is 48.1 Å². The van der Waals surface area contributed by atoms with E-state index >= 15 is 0 Å². The quantitative estimate of drug-likeness (QED) is 0.665. The lowest BCUT2D eigenvalue weighted by molar-refractivity contribution is -0.0389. The zero-order valence-electron chi connectivity index (χ0n) is 15.7. The first-order valence-corrected chi connectivity index (χ1v) is 10.7. The Labute approximate surface area is 177 Å². The van der Waals surface area contributed by atoms with Crippen molar-refractivity contribution in [3.63, 3.8) is 0 Å². The number of benzene rings is 1. The minimum absolute atomic E-state index is 0.115. The summed E-state index contributed by atoms with van der Waals surface area (Å²) in [4.78, 5) is 15.4. The predicted molar refractivity (Wildman–Crippen MR) is 113 cm³/mol. The van der Waals surface area contributed by atoms with Crippen molar-refractivity contribution in [3.05, 3.63) is 74.6 Å². The van der Waals surface area contributed by atoms with Crippen LogP contribution in [0.1, 0.15) is 18.4 Å². The van der Waals surface area contributed by atoms with Gasteiger partial charge >= 0.3 is 0 Å². The summed E-state index contributed by atoms with van der Waals surface area (Å²) in [6.45, 7) is 2.06. The molecule has 0 radical (unpaired) electrons. The highest BCUT2D eigenvalue weighted by Gasteiger charge is 2.33. The molecule has 0 atom stereocenters. The maximum Gasteiger partial charge on any atom is 0.266 e. The third kappa shape index (κ3) is 4.75. The van der Waals surface area contributed by atoms with Crippen molar-refractivity contribution >= 4 is 22.9 Å². The fraction of sp³-hybridized carbons (Fsp3) is 0.333. The molecule has 0 spiro atoms. The Hall–Kier alpha value is -2.06. The van der Waals surface area contributed by atoms with Gasteiger partial charge in [-0.3, -0.25) is 9.69 Å². The Morgan fingerprint density at radius 1 is 1.21 bits per heavy atom. The lowest BCUT2D eigenvalue weighted by Gasteiger charge is -2.38. The lowest BCUT2D eigenvalue weighted by Crippen LogP contribution is -2.48. The second-order valence-electron chi connectivity index (χ2n) is 7.44. The van der Waals surface area contributed by atoms with Crippen molar-refractivity contribution in [2.75, 3.05) is 13.1 Å². The Morgan fingerprint density at radius 2 is 2.00 bits per heavy atom. The highest BCUT2D eigenvalue weighted by molar-refractivity contribution is 7.13. The number of nitrogens with zero attached hydrogens (tertiary/aromatic N) is 3. The largest absolute Gasteiger partial charge is 0.388 e. The van der Waals surface area contributed by atoms with Crippen LogP contribution in [0, 0.1) is 5.82 Å². The fourth-order valence-corrected chi connectivity index (χ4v) is 4.39. The van der Waals surface area contributed by atoms with Crippen LogP contribution in [0.25, 0.3) is 10.6 Å². The van der Waals surface area contributed by atoms with Crippen molar-refractivity contribution in [1.29, 1.82) is 0 Å². The molecule has 29 heavy (non-hydrogen) atoms. The van der Waals surface area contributed by atoms with Gasteiger partial charge in [-0.1, -0.05) is 23.7 Å². The van der Waals surface area contributed by atoms with E-state index in [1.165, 1.54) is 16.8 Å². The maximum atomic E-state index is 13.6. The second-order valence-corrected chi connectivity index (χ2v) is 8.80. The van der Waals surface area contributed by atoms with Gasteiger partial charge in [0.25, 0.3) is 5.56 Å². The average Bonchev–Trinajstić information content (AvgIpc) is 3.23. The van der Waals surface area contributed by atoms with E-state index in [1.807, 2.05) is 23.6 Å². The van der Waals surface area contributed by atoms with Gasteiger partial charge < -0.3 is 5.11 Å². The number of halogens is 2. The third-order valence-corrected chi connectivity index (χ3v) is 6.46. The Kier molecular flexibility index (Phi) is 5.83. The number of rotatable bonds is 5. The van der Waals surface area contributed by atoms with E-state index in [0.29, 0.717) is 32.5 Å². The summed E-state index contributed by atoms with van der Waals surface area (Å²) in [6.07, 6.45) is 1.03. The summed E-state index contributed by atoms with van der Waals surface area (Å²) in [5.74, 6) is -0.422. The van der Waals surface area contributed by atoms with E-state index in [1.54, 1.807) is 23.5 Å². The first kappa shape index (κ1) is 20.2. The van der Waals surface area contributed by atoms with Gasteiger partial charge in [0.05, 0.1) is 22.0 Å². The molecule has 1 saturated heterocycles. The molecule has 3 heterocycles. The number of thiophene rings is 1. The van der Waals surface area contributed by atoms with Crippen molar-refractivity contribution in [2.24, 2.45) is 0 Å². The molecule has 152 valence electrons.